The average Bonchev–Trinajstić information content (AvgIpc) is 2.14. The molecule has 1 aromatic carbocycles. The van der Waals surface area contributed by atoms with Gasteiger partial charge in [-0.3, -0.25) is 0 Å². The van der Waals surface area contributed by atoms with E-state index in [1.54, 1.807) is 18.2 Å². The molecule has 0 aliphatic carbocycles. The van der Waals surface area contributed by atoms with Gasteiger partial charge in [-0.1, -0.05) is 35.3 Å². The van der Waals surface area contributed by atoms with Crippen LogP contribution >= 0.6 is 39.1 Å². The zero-order chi connectivity index (χ0) is 12.6. The monoisotopic (exact) mass is 346 g/mol. The number of sulfone groups is 1. The molecule has 0 amide bonds. The second-order valence-electron chi connectivity index (χ2n) is 3.29. The molecule has 0 aliphatic heterocycles. The first-order valence-electron chi connectivity index (χ1n) is 4.17. The summed E-state index contributed by atoms with van der Waals surface area (Å²) in [5.74, 6) is 0. The van der Waals surface area contributed by atoms with Crippen molar-refractivity contribution in [2.24, 2.45) is 0 Å². The molecule has 16 heavy (non-hydrogen) atoms. The van der Waals surface area contributed by atoms with Crippen molar-refractivity contribution in [3.63, 3.8) is 0 Å². The predicted octanol–water partition coefficient (Wildman–Crippen LogP) is 2.71. The molecule has 0 fully saturated rings. The van der Waals surface area contributed by atoms with E-state index in [1.165, 1.54) is 6.07 Å². The number of rotatable bonds is 3. The number of aliphatic hydroxyl groups is 1. The van der Waals surface area contributed by atoms with Crippen molar-refractivity contribution in [1.82, 2.24) is 0 Å². The minimum Gasteiger partial charge on any atom is -0.385 e. The lowest BCUT2D eigenvalue weighted by molar-refractivity contribution is 0.185. The van der Waals surface area contributed by atoms with Gasteiger partial charge in [-0.25, -0.2) is 8.42 Å². The van der Waals surface area contributed by atoms with Crippen molar-refractivity contribution < 1.29 is 13.5 Å². The van der Waals surface area contributed by atoms with Crippen LogP contribution in [0.5, 0.6) is 0 Å². The Morgan fingerprint density at radius 1 is 1.50 bits per heavy atom. The van der Waals surface area contributed by atoms with Gasteiger partial charge in [-0.2, -0.15) is 0 Å². The standard InChI is InChI=1S/C9H9BrCl2O3S/c1-16(14,15)9(10,12)8(13)6-3-2-4-7(11)5-6/h2-5,8,13H,1H3/t8-,9-/m1/s1. The lowest BCUT2D eigenvalue weighted by Crippen LogP contribution is -2.32. The minimum absolute atomic E-state index is 0.324. The van der Waals surface area contributed by atoms with Gasteiger partial charge < -0.3 is 5.11 Å². The highest BCUT2D eigenvalue weighted by Crippen LogP contribution is 2.42. The Morgan fingerprint density at radius 2 is 2.06 bits per heavy atom. The summed E-state index contributed by atoms with van der Waals surface area (Å²) in [6.45, 7) is 0. The van der Waals surface area contributed by atoms with Gasteiger partial charge in [-0.05, 0) is 33.6 Å². The van der Waals surface area contributed by atoms with Crippen molar-refractivity contribution in [3.05, 3.63) is 34.9 Å². The molecule has 0 radical (unpaired) electrons. The molecule has 0 spiro atoms. The van der Waals surface area contributed by atoms with Gasteiger partial charge in [-0.15, -0.1) is 0 Å². The van der Waals surface area contributed by atoms with Crippen LogP contribution in [-0.2, 0) is 9.84 Å². The summed E-state index contributed by atoms with van der Waals surface area (Å²) in [6.07, 6.45) is -0.481. The first-order valence-corrected chi connectivity index (χ1v) is 7.61. The first kappa shape index (κ1) is 14.3. The number of alkyl halides is 2. The topological polar surface area (TPSA) is 54.4 Å². The Labute approximate surface area is 112 Å². The van der Waals surface area contributed by atoms with Gasteiger partial charge in [0.15, 0.2) is 9.84 Å². The average molecular weight is 348 g/mol. The Hall–Kier alpha value is 0.190. The molecule has 0 unspecified atom stereocenters. The molecule has 1 rings (SSSR count). The molecule has 1 aromatic rings. The van der Waals surface area contributed by atoms with Gasteiger partial charge in [0, 0.05) is 11.3 Å². The molecular formula is C9H9BrCl2O3S. The molecule has 7 heteroatoms. The highest BCUT2D eigenvalue weighted by Gasteiger charge is 2.44. The van der Waals surface area contributed by atoms with Crippen LogP contribution in [0.25, 0.3) is 0 Å². The van der Waals surface area contributed by atoms with Crippen LogP contribution in [0.15, 0.2) is 24.3 Å². The summed E-state index contributed by atoms with van der Waals surface area (Å²) in [5.41, 5.74) is 0.324. The van der Waals surface area contributed by atoms with Crippen LogP contribution in [0.2, 0.25) is 5.02 Å². The van der Waals surface area contributed by atoms with Crippen molar-refractivity contribution in [3.8, 4) is 0 Å². The van der Waals surface area contributed by atoms with E-state index < -0.39 is 19.1 Å². The smallest absolute Gasteiger partial charge is 0.228 e. The second kappa shape index (κ2) is 4.82. The fourth-order valence-electron chi connectivity index (χ4n) is 1.07. The van der Waals surface area contributed by atoms with Gasteiger partial charge in [0.1, 0.15) is 6.10 Å². The van der Waals surface area contributed by atoms with Crippen molar-refractivity contribution in [1.29, 1.82) is 0 Å². The lowest BCUT2D eigenvalue weighted by Gasteiger charge is -2.24. The molecule has 3 nitrogen and oxygen atoms in total. The Kier molecular flexibility index (Phi) is 4.29. The maximum absolute atomic E-state index is 11.4. The number of aliphatic hydroxyl groups excluding tert-OH is 1. The van der Waals surface area contributed by atoms with Crippen molar-refractivity contribution >= 4 is 49.0 Å². The maximum atomic E-state index is 11.4. The minimum atomic E-state index is -3.67. The summed E-state index contributed by atoms with van der Waals surface area (Å²) >= 11 is 14.3. The fourth-order valence-corrected chi connectivity index (χ4v) is 2.20. The quantitative estimate of drug-likeness (QED) is 0.855. The summed E-state index contributed by atoms with van der Waals surface area (Å²) in [7, 11) is -3.67. The molecule has 1 N–H and O–H groups in total. The molecule has 0 saturated carbocycles. The van der Waals surface area contributed by atoms with E-state index in [-0.39, 0.29) is 0 Å². The second-order valence-corrected chi connectivity index (χ2v) is 8.97. The Morgan fingerprint density at radius 3 is 2.50 bits per heavy atom. The summed E-state index contributed by atoms with van der Waals surface area (Å²) in [5, 5.41) is 10.3. The molecule has 0 bridgehead atoms. The van der Waals surface area contributed by atoms with Gasteiger partial charge in [0.25, 0.3) is 0 Å². The normalized spacial score (nSPS) is 17.8. The zero-order valence-corrected chi connectivity index (χ0v) is 12.1. The van der Waals surface area contributed by atoms with Crippen LogP contribution in [-0.4, -0.2) is 22.9 Å². The van der Waals surface area contributed by atoms with Crippen LogP contribution < -0.4 is 0 Å². The summed E-state index contributed by atoms with van der Waals surface area (Å²) in [4.78, 5) is 0. The zero-order valence-electron chi connectivity index (χ0n) is 8.19. The number of halogens is 3. The third kappa shape index (κ3) is 2.90. The largest absolute Gasteiger partial charge is 0.385 e. The van der Waals surface area contributed by atoms with Crippen LogP contribution in [0, 0.1) is 0 Å². The summed E-state index contributed by atoms with van der Waals surface area (Å²) < 4.78 is 20.8. The third-order valence-corrected chi connectivity index (χ3v) is 6.67. The molecule has 0 heterocycles. The number of benzene rings is 1. The van der Waals surface area contributed by atoms with Crippen LogP contribution in [0.4, 0.5) is 0 Å². The van der Waals surface area contributed by atoms with Crippen molar-refractivity contribution in [2.75, 3.05) is 6.26 Å². The van der Waals surface area contributed by atoms with E-state index in [1.807, 2.05) is 0 Å². The van der Waals surface area contributed by atoms with Gasteiger partial charge >= 0.3 is 0 Å². The van der Waals surface area contributed by atoms with Gasteiger partial charge in [0.2, 0.25) is 3.12 Å². The first-order chi connectivity index (χ1) is 7.16. The SMILES string of the molecule is CS(=O)(=O)[C@@](Cl)(Br)[C@H](O)c1cccc(Cl)c1. The Balaban J connectivity index is 3.17. The molecular weight excluding hydrogens is 339 g/mol. The highest BCUT2D eigenvalue weighted by molar-refractivity contribution is 9.12. The fraction of sp³-hybridized carbons (Fsp3) is 0.333. The van der Waals surface area contributed by atoms with Crippen LogP contribution in [0.1, 0.15) is 11.7 Å². The molecule has 0 aromatic heterocycles. The number of hydrogen-bond donors (Lipinski definition) is 1. The van der Waals surface area contributed by atoms with Crippen molar-refractivity contribution in [2.45, 2.75) is 9.22 Å². The van der Waals surface area contributed by atoms with E-state index in [0.29, 0.717) is 10.6 Å². The molecule has 0 saturated heterocycles. The Bertz CT molecular complexity index is 487. The lowest BCUT2D eigenvalue weighted by atomic mass is 10.1. The summed E-state index contributed by atoms with van der Waals surface area (Å²) in [6, 6.07) is 6.21. The molecule has 90 valence electrons. The number of hydrogen-bond acceptors (Lipinski definition) is 3. The van der Waals surface area contributed by atoms with E-state index in [0.717, 1.165) is 6.26 Å². The van der Waals surface area contributed by atoms with E-state index in [2.05, 4.69) is 15.9 Å². The van der Waals surface area contributed by atoms with E-state index in [9.17, 15) is 13.5 Å². The van der Waals surface area contributed by atoms with Gasteiger partial charge in [0.05, 0.1) is 0 Å². The maximum Gasteiger partial charge on any atom is 0.228 e. The van der Waals surface area contributed by atoms with E-state index >= 15 is 0 Å². The predicted molar refractivity (Wildman–Crippen MR) is 68.8 cm³/mol. The highest BCUT2D eigenvalue weighted by atomic mass is 79.9. The van der Waals surface area contributed by atoms with Crippen LogP contribution in [0.3, 0.4) is 0 Å². The third-order valence-electron chi connectivity index (χ3n) is 1.98. The van der Waals surface area contributed by atoms with E-state index in [4.69, 9.17) is 23.2 Å². The molecule has 2 atom stereocenters. The molecule has 0 aliphatic rings.